The van der Waals surface area contributed by atoms with Crippen LogP contribution in [0, 0.1) is 19.3 Å². The number of rotatable bonds is 3. The van der Waals surface area contributed by atoms with Crippen LogP contribution in [0.5, 0.6) is 0 Å². The Balaban J connectivity index is 2.66. The molecule has 0 aliphatic rings. The Labute approximate surface area is 120 Å². The topological polar surface area (TPSA) is 38.9 Å². The molecule has 0 amide bonds. The SMILES string of the molecule is Cc1cc(C)c2cc(Cl)cc(CC(C)(C)CN)c2n1. The lowest BCUT2D eigenvalue weighted by atomic mass is 9.85. The number of nitrogens with two attached hydrogens (primary N) is 1. The van der Waals surface area contributed by atoms with Crippen LogP contribution in [0.2, 0.25) is 5.02 Å². The van der Waals surface area contributed by atoms with E-state index in [9.17, 15) is 0 Å². The van der Waals surface area contributed by atoms with E-state index in [0.29, 0.717) is 6.54 Å². The first kappa shape index (κ1) is 14.3. The summed E-state index contributed by atoms with van der Waals surface area (Å²) in [5.74, 6) is 0. The molecule has 0 radical (unpaired) electrons. The summed E-state index contributed by atoms with van der Waals surface area (Å²) in [5.41, 5.74) is 10.4. The Morgan fingerprint density at radius 3 is 2.53 bits per heavy atom. The molecule has 2 N–H and O–H groups in total. The van der Waals surface area contributed by atoms with Gasteiger partial charge in [-0.3, -0.25) is 4.98 Å². The number of fused-ring (bicyclic) bond motifs is 1. The molecule has 3 heteroatoms. The predicted molar refractivity (Wildman–Crippen MR) is 82.8 cm³/mol. The standard InChI is InChI=1S/C16H21ClN2/c1-10-5-11(2)19-15-12(8-16(3,4)9-18)6-13(17)7-14(10)15/h5-7H,8-9,18H2,1-4H3. The van der Waals surface area contributed by atoms with Crippen LogP contribution >= 0.6 is 11.6 Å². The summed E-state index contributed by atoms with van der Waals surface area (Å²) < 4.78 is 0. The Morgan fingerprint density at radius 1 is 1.21 bits per heavy atom. The summed E-state index contributed by atoms with van der Waals surface area (Å²) in [7, 11) is 0. The minimum absolute atomic E-state index is 0.0525. The average Bonchev–Trinajstić information content (AvgIpc) is 2.30. The van der Waals surface area contributed by atoms with Crippen molar-refractivity contribution in [3.63, 3.8) is 0 Å². The molecule has 1 aromatic heterocycles. The van der Waals surface area contributed by atoms with E-state index in [0.717, 1.165) is 28.0 Å². The number of benzene rings is 1. The van der Waals surface area contributed by atoms with Gasteiger partial charge < -0.3 is 5.73 Å². The molecule has 1 aromatic carbocycles. The van der Waals surface area contributed by atoms with Crippen molar-refractivity contribution in [3.8, 4) is 0 Å². The van der Waals surface area contributed by atoms with Crippen molar-refractivity contribution in [3.05, 3.63) is 40.0 Å². The predicted octanol–water partition coefficient (Wildman–Crippen LogP) is 4.03. The maximum atomic E-state index is 6.25. The minimum atomic E-state index is 0.0525. The Morgan fingerprint density at radius 2 is 1.89 bits per heavy atom. The smallest absolute Gasteiger partial charge is 0.0741 e. The van der Waals surface area contributed by atoms with E-state index in [4.69, 9.17) is 22.3 Å². The van der Waals surface area contributed by atoms with Crippen molar-refractivity contribution in [1.82, 2.24) is 4.98 Å². The van der Waals surface area contributed by atoms with Gasteiger partial charge in [-0.2, -0.15) is 0 Å². The summed E-state index contributed by atoms with van der Waals surface area (Å²) in [6.45, 7) is 9.11. The fourth-order valence-corrected chi connectivity index (χ4v) is 2.65. The molecule has 1 heterocycles. The Kier molecular flexibility index (Phi) is 3.84. The van der Waals surface area contributed by atoms with Gasteiger partial charge in [-0.25, -0.2) is 0 Å². The molecule has 0 saturated heterocycles. The second-order valence-corrected chi connectivity index (χ2v) is 6.52. The van der Waals surface area contributed by atoms with Crippen molar-refractivity contribution in [2.75, 3.05) is 6.54 Å². The van der Waals surface area contributed by atoms with Gasteiger partial charge in [-0.1, -0.05) is 25.4 Å². The quantitative estimate of drug-likeness (QED) is 0.919. The number of hydrogen-bond acceptors (Lipinski definition) is 2. The molecule has 0 saturated carbocycles. The monoisotopic (exact) mass is 276 g/mol. The summed E-state index contributed by atoms with van der Waals surface area (Å²) >= 11 is 6.25. The van der Waals surface area contributed by atoms with E-state index in [-0.39, 0.29) is 5.41 Å². The number of pyridine rings is 1. The van der Waals surface area contributed by atoms with Gasteiger partial charge in [0.1, 0.15) is 0 Å². The fraction of sp³-hybridized carbons (Fsp3) is 0.438. The van der Waals surface area contributed by atoms with Crippen LogP contribution in [0.4, 0.5) is 0 Å². The molecular formula is C16H21ClN2. The molecule has 0 bridgehead atoms. The average molecular weight is 277 g/mol. The maximum Gasteiger partial charge on any atom is 0.0741 e. The zero-order valence-electron chi connectivity index (χ0n) is 12.0. The van der Waals surface area contributed by atoms with Crippen LogP contribution in [-0.4, -0.2) is 11.5 Å². The molecular weight excluding hydrogens is 256 g/mol. The van der Waals surface area contributed by atoms with Gasteiger partial charge >= 0.3 is 0 Å². The summed E-state index contributed by atoms with van der Waals surface area (Å²) in [5, 5.41) is 1.91. The molecule has 0 fully saturated rings. The molecule has 2 nitrogen and oxygen atoms in total. The first-order chi connectivity index (χ1) is 8.82. The van der Waals surface area contributed by atoms with Crippen LogP contribution in [-0.2, 0) is 6.42 Å². The highest BCUT2D eigenvalue weighted by Crippen LogP contribution is 2.30. The zero-order valence-corrected chi connectivity index (χ0v) is 12.8. The summed E-state index contributed by atoms with van der Waals surface area (Å²) in [4.78, 5) is 4.70. The minimum Gasteiger partial charge on any atom is -0.330 e. The third kappa shape index (κ3) is 3.07. The normalized spacial score (nSPS) is 12.1. The largest absolute Gasteiger partial charge is 0.330 e. The number of hydrogen-bond donors (Lipinski definition) is 1. The maximum absolute atomic E-state index is 6.25. The van der Waals surface area contributed by atoms with Gasteiger partial charge in [0.15, 0.2) is 0 Å². The third-order valence-electron chi connectivity index (χ3n) is 3.51. The van der Waals surface area contributed by atoms with E-state index in [2.05, 4.69) is 26.8 Å². The van der Waals surface area contributed by atoms with Crippen molar-refractivity contribution >= 4 is 22.5 Å². The van der Waals surface area contributed by atoms with Crippen LogP contribution in [0.1, 0.15) is 30.7 Å². The van der Waals surface area contributed by atoms with E-state index < -0.39 is 0 Å². The van der Waals surface area contributed by atoms with Crippen molar-refractivity contribution in [2.45, 2.75) is 34.1 Å². The Hall–Kier alpha value is -1.12. The highest BCUT2D eigenvalue weighted by atomic mass is 35.5. The fourth-order valence-electron chi connectivity index (χ4n) is 2.41. The van der Waals surface area contributed by atoms with Crippen LogP contribution < -0.4 is 5.73 Å². The molecule has 102 valence electrons. The van der Waals surface area contributed by atoms with Crippen LogP contribution in [0.3, 0.4) is 0 Å². The van der Waals surface area contributed by atoms with Gasteiger partial charge in [0, 0.05) is 16.1 Å². The lowest BCUT2D eigenvalue weighted by Crippen LogP contribution is -2.26. The van der Waals surface area contributed by atoms with E-state index in [1.54, 1.807) is 0 Å². The first-order valence-corrected chi connectivity index (χ1v) is 6.97. The lowest BCUT2D eigenvalue weighted by Gasteiger charge is -2.23. The molecule has 0 spiro atoms. The lowest BCUT2D eigenvalue weighted by molar-refractivity contribution is 0.378. The van der Waals surface area contributed by atoms with Gasteiger partial charge in [0.25, 0.3) is 0 Å². The molecule has 2 rings (SSSR count). The second-order valence-electron chi connectivity index (χ2n) is 6.09. The number of aromatic nitrogens is 1. The number of aryl methyl sites for hydroxylation is 2. The second kappa shape index (κ2) is 5.10. The molecule has 0 aliphatic carbocycles. The van der Waals surface area contributed by atoms with Crippen molar-refractivity contribution in [1.29, 1.82) is 0 Å². The summed E-state index contributed by atoms with van der Waals surface area (Å²) in [6.07, 6.45) is 0.885. The van der Waals surface area contributed by atoms with Gasteiger partial charge in [0.2, 0.25) is 0 Å². The van der Waals surface area contributed by atoms with Crippen molar-refractivity contribution < 1.29 is 0 Å². The van der Waals surface area contributed by atoms with Crippen LogP contribution in [0.15, 0.2) is 18.2 Å². The van der Waals surface area contributed by atoms with Gasteiger partial charge in [-0.15, -0.1) is 0 Å². The van der Waals surface area contributed by atoms with E-state index in [1.807, 2.05) is 19.1 Å². The highest BCUT2D eigenvalue weighted by Gasteiger charge is 2.19. The summed E-state index contributed by atoms with van der Waals surface area (Å²) in [6, 6.07) is 6.11. The first-order valence-electron chi connectivity index (χ1n) is 6.59. The van der Waals surface area contributed by atoms with E-state index in [1.165, 1.54) is 11.1 Å². The van der Waals surface area contributed by atoms with Crippen molar-refractivity contribution in [2.24, 2.45) is 11.1 Å². The zero-order chi connectivity index (χ0) is 14.2. The number of halogens is 1. The Bertz CT molecular complexity index is 618. The molecule has 0 aliphatic heterocycles. The third-order valence-corrected chi connectivity index (χ3v) is 3.73. The molecule has 2 aromatic rings. The molecule has 0 unspecified atom stereocenters. The highest BCUT2D eigenvalue weighted by molar-refractivity contribution is 6.31. The van der Waals surface area contributed by atoms with E-state index >= 15 is 0 Å². The van der Waals surface area contributed by atoms with Crippen LogP contribution in [0.25, 0.3) is 10.9 Å². The van der Waals surface area contributed by atoms with Gasteiger partial charge in [-0.05, 0) is 61.6 Å². The molecule has 19 heavy (non-hydrogen) atoms. The number of nitrogens with zero attached hydrogens (tertiary/aromatic N) is 1. The molecule has 0 atom stereocenters. The van der Waals surface area contributed by atoms with Gasteiger partial charge in [0.05, 0.1) is 5.52 Å².